The lowest BCUT2D eigenvalue weighted by Crippen LogP contribution is -2.34. The highest BCUT2D eigenvalue weighted by Gasteiger charge is 2.13. The van der Waals surface area contributed by atoms with Crippen LogP contribution in [0.1, 0.15) is 29.5 Å². The van der Waals surface area contributed by atoms with Crippen molar-refractivity contribution in [1.82, 2.24) is 15.5 Å². The number of hydrogen-bond acceptors (Lipinski definition) is 2. The van der Waals surface area contributed by atoms with Crippen molar-refractivity contribution >= 4 is 17.3 Å². The Labute approximate surface area is 150 Å². The zero-order valence-electron chi connectivity index (χ0n) is 14.0. The maximum absolute atomic E-state index is 5.41. The maximum Gasteiger partial charge on any atom is 0.166 e. The topological polar surface area (TPSA) is 27.3 Å². The Morgan fingerprint density at radius 2 is 1.46 bits per heavy atom. The Bertz CT molecular complexity index is 651. The summed E-state index contributed by atoms with van der Waals surface area (Å²) in [4.78, 5) is 2.53. The second-order valence-electron chi connectivity index (χ2n) is 6.27. The Balaban J connectivity index is 1.49. The second-order valence-corrected chi connectivity index (χ2v) is 6.68. The van der Waals surface area contributed by atoms with Crippen LogP contribution in [0.5, 0.6) is 0 Å². The van der Waals surface area contributed by atoms with E-state index in [0.717, 1.165) is 19.6 Å². The molecule has 0 bridgehead atoms. The normalized spacial score (nSPS) is 14.5. The summed E-state index contributed by atoms with van der Waals surface area (Å²) in [5.74, 6) is 0. The van der Waals surface area contributed by atoms with E-state index in [2.05, 4.69) is 51.9 Å². The van der Waals surface area contributed by atoms with Gasteiger partial charge in [0.2, 0.25) is 0 Å². The van der Waals surface area contributed by atoms with E-state index in [0.29, 0.717) is 5.11 Å². The minimum absolute atomic E-state index is 0.704. The predicted molar refractivity (Wildman–Crippen MR) is 104 cm³/mol. The lowest BCUT2D eigenvalue weighted by Gasteiger charge is -2.18. The summed E-state index contributed by atoms with van der Waals surface area (Å²) in [6, 6.07) is 19.0. The van der Waals surface area contributed by atoms with Crippen LogP contribution in [-0.2, 0) is 19.6 Å². The van der Waals surface area contributed by atoms with Gasteiger partial charge in [-0.2, -0.15) is 0 Å². The summed E-state index contributed by atoms with van der Waals surface area (Å²) in [7, 11) is 0. The molecule has 0 atom stereocenters. The van der Waals surface area contributed by atoms with Crippen LogP contribution in [0.4, 0.5) is 0 Å². The van der Waals surface area contributed by atoms with Gasteiger partial charge in [0.05, 0.1) is 0 Å². The van der Waals surface area contributed by atoms with Crippen molar-refractivity contribution in [1.29, 1.82) is 0 Å². The molecule has 0 unspecified atom stereocenters. The van der Waals surface area contributed by atoms with Crippen LogP contribution in [0.3, 0.4) is 0 Å². The number of nitrogens with zero attached hydrogens (tertiary/aromatic N) is 1. The molecule has 3 rings (SSSR count). The predicted octanol–water partition coefficient (Wildman–Crippen LogP) is 3.45. The lowest BCUT2D eigenvalue weighted by atomic mass is 10.1. The fraction of sp³-hybridized carbons (Fsp3) is 0.350. The average molecular weight is 340 g/mol. The first-order valence-corrected chi connectivity index (χ1v) is 9.07. The van der Waals surface area contributed by atoms with Crippen molar-refractivity contribution in [2.75, 3.05) is 13.1 Å². The molecule has 2 aromatic rings. The van der Waals surface area contributed by atoms with Crippen LogP contribution in [0.25, 0.3) is 0 Å². The van der Waals surface area contributed by atoms with E-state index in [1.807, 2.05) is 18.2 Å². The van der Waals surface area contributed by atoms with E-state index >= 15 is 0 Å². The Kier molecular flexibility index (Phi) is 6.21. The first-order valence-electron chi connectivity index (χ1n) is 8.66. The third-order valence-corrected chi connectivity index (χ3v) is 4.73. The molecule has 2 aromatic carbocycles. The van der Waals surface area contributed by atoms with Crippen molar-refractivity contribution in [2.45, 2.75) is 32.5 Å². The average Bonchev–Trinajstić information content (AvgIpc) is 3.13. The number of nitrogens with one attached hydrogen (secondary N) is 2. The molecule has 0 radical (unpaired) electrons. The highest BCUT2D eigenvalue weighted by Crippen LogP contribution is 2.16. The molecular formula is C20H25N3S. The fourth-order valence-corrected chi connectivity index (χ4v) is 3.23. The number of hydrogen-bond donors (Lipinski definition) is 2. The van der Waals surface area contributed by atoms with Gasteiger partial charge in [-0.1, -0.05) is 54.6 Å². The third-order valence-electron chi connectivity index (χ3n) is 4.45. The first kappa shape index (κ1) is 16.9. The van der Waals surface area contributed by atoms with E-state index < -0.39 is 0 Å². The summed E-state index contributed by atoms with van der Waals surface area (Å²) >= 11 is 5.41. The van der Waals surface area contributed by atoms with E-state index in [9.17, 15) is 0 Å². The number of likely N-dealkylation sites (tertiary alicyclic amines) is 1. The number of thiocarbonyl (C=S) groups is 1. The minimum Gasteiger partial charge on any atom is -0.359 e. The Morgan fingerprint density at radius 1 is 0.833 bits per heavy atom. The van der Waals surface area contributed by atoms with Gasteiger partial charge in [0.1, 0.15) is 0 Å². The van der Waals surface area contributed by atoms with Gasteiger partial charge in [-0.3, -0.25) is 4.90 Å². The molecule has 2 N–H and O–H groups in total. The fourth-order valence-electron chi connectivity index (χ4n) is 3.08. The maximum atomic E-state index is 5.41. The van der Waals surface area contributed by atoms with Crippen molar-refractivity contribution < 1.29 is 0 Å². The molecule has 0 aliphatic carbocycles. The Hall–Kier alpha value is -1.91. The second kappa shape index (κ2) is 8.81. The van der Waals surface area contributed by atoms with E-state index in [-0.39, 0.29) is 0 Å². The van der Waals surface area contributed by atoms with Crippen molar-refractivity contribution in [2.24, 2.45) is 0 Å². The zero-order chi connectivity index (χ0) is 16.6. The van der Waals surface area contributed by atoms with Crippen molar-refractivity contribution in [3.63, 3.8) is 0 Å². The van der Waals surface area contributed by atoms with Crippen LogP contribution in [0, 0.1) is 0 Å². The van der Waals surface area contributed by atoms with Gasteiger partial charge < -0.3 is 10.6 Å². The van der Waals surface area contributed by atoms with Crippen molar-refractivity contribution in [3.05, 3.63) is 71.3 Å². The van der Waals surface area contributed by atoms with Gasteiger partial charge in [0.15, 0.2) is 5.11 Å². The molecule has 24 heavy (non-hydrogen) atoms. The van der Waals surface area contributed by atoms with Gasteiger partial charge in [-0.15, -0.1) is 0 Å². The van der Waals surface area contributed by atoms with E-state index in [1.165, 1.54) is 42.6 Å². The summed E-state index contributed by atoms with van der Waals surface area (Å²) in [5, 5.41) is 7.31. The molecule has 0 aromatic heterocycles. The van der Waals surface area contributed by atoms with E-state index in [1.54, 1.807) is 0 Å². The monoisotopic (exact) mass is 339 g/mol. The molecule has 3 nitrogen and oxygen atoms in total. The molecule has 0 spiro atoms. The molecule has 1 aliphatic heterocycles. The molecule has 0 saturated carbocycles. The standard InChI is InChI=1S/C20H25N3S/c24-20(21-14-17-8-2-1-3-9-17)22-15-18-10-4-5-11-19(18)16-23-12-6-7-13-23/h1-5,8-11H,6-7,12-16H2,(H2,21,22,24). The molecule has 0 amide bonds. The molecule has 1 fully saturated rings. The molecule has 1 saturated heterocycles. The third kappa shape index (κ3) is 5.05. The number of rotatable bonds is 6. The highest BCUT2D eigenvalue weighted by molar-refractivity contribution is 7.80. The van der Waals surface area contributed by atoms with Gasteiger partial charge in [-0.25, -0.2) is 0 Å². The molecule has 126 valence electrons. The summed E-state index contributed by atoms with van der Waals surface area (Å²) in [6.07, 6.45) is 2.65. The largest absolute Gasteiger partial charge is 0.359 e. The van der Waals surface area contributed by atoms with Gasteiger partial charge in [-0.05, 0) is 54.8 Å². The summed E-state index contributed by atoms with van der Waals surface area (Å²) < 4.78 is 0. The van der Waals surface area contributed by atoms with Crippen LogP contribution in [-0.4, -0.2) is 23.1 Å². The zero-order valence-corrected chi connectivity index (χ0v) is 14.8. The summed E-state index contributed by atoms with van der Waals surface area (Å²) in [5.41, 5.74) is 3.96. The summed E-state index contributed by atoms with van der Waals surface area (Å²) in [6.45, 7) is 5.01. The van der Waals surface area contributed by atoms with Crippen LogP contribution in [0.15, 0.2) is 54.6 Å². The minimum atomic E-state index is 0.704. The Morgan fingerprint density at radius 3 is 2.21 bits per heavy atom. The molecule has 4 heteroatoms. The SMILES string of the molecule is S=C(NCc1ccccc1)NCc1ccccc1CN1CCCC1. The smallest absolute Gasteiger partial charge is 0.166 e. The van der Waals surface area contributed by atoms with Crippen LogP contribution < -0.4 is 10.6 Å². The van der Waals surface area contributed by atoms with E-state index in [4.69, 9.17) is 12.2 Å². The van der Waals surface area contributed by atoms with Crippen molar-refractivity contribution in [3.8, 4) is 0 Å². The van der Waals surface area contributed by atoms with Gasteiger partial charge in [0, 0.05) is 19.6 Å². The molecule has 1 aliphatic rings. The number of benzene rings is 2. The lowest BCUT2D eigenvalue weighted by molar-refractivity contribution is 0.330. The van der Waals surface area contributed by atoms with Gasteiger partial charge >= 0.3 is 0 Å². The van der Waals surface area contributed by atoms with Crippen LogP contribution >= 0.6 is 12.2 Å². The van der Waals surface area contributed by atoms with Gasteiger partial charge in [0.25, 0.3) is 0 Å². The highest BCUT2D eigenvalue weighted by atomic mass is 32.1. The molecule has 1 heterocycles. The van der Waals surface area contributed by atoms with Crippen LogP contribution in [0.2, 0.25) is 0 Å². The molecular weight excluding hydrogens is 314 g/mol. The quantitative estimate of drug-likeness (QED) is 0.789. The first-order chi connectivity index (χ1) is 11.8.